The highest BCUT2D eigenvalue weighted by Gasteiger charge is 2.42. The smallest absolute Gasteiger partial charge is 0.268 e. The summed E-state index contributed by atoms with van der Waals surface area (Å²) in [6, 6.07) is 91.6. The first-order valence-corrected chi connectivity index (χ1v) is 27.7. The predicted molar refractivity (Wildman–Crippen MR) is 334 cm³/mol. The van der Waals surface area contributed by atoms with Gasteiger partial charge in [-0.15, -0.1) is 0 Å². The van der Waals surface area contributed by atoms with E-state index >= 15 is 9.59 Å². The predicted octanol–water partition coefficient (Wildman–Crippen LogP) is 17.0. The zero-order valence-electron chi connectivity index (χ0n) is 45.0. The van der Waals surface area contributed by atoms with Crippen LogP contribution in [0.25, 0.3) is 129 Å². The summed E-state index contributed by atoms with van der Waals surface area (Å²) in [7, 11) is 0. The second kappa shape index (κ2) is 20.8. The maximum absolute atomic E-state index is 16.2. The largest absolute Gasteiger partial charge is 0.308 e. The van der Waals surface area contributed by atoms with E-state index in [1.165, 1.54) is 4.90 Å². The topological polar surface area (TPSA) is 120 Å². The van der Waals surface area contributed by atoms with E-state index in [4.69, 9.17) is 29.9 Å². The minimum Gasteiger partial charge on any atom is -0.308 e. The van der Waals surface area contributed by atoms with Crippen molar-refractivity contribution >= 4 is 39.3 Å². The summed E-state index contributed by atoms with van der Waals surface area (Å²) in [4.78, 5) is 64.6. The van der Waals surface area contributed by atoms with Crippen LogP contribution in [-0.4, -0.2) is 46.3 Å². The van der Waals surface area contributed by atoms with E-state index in [2.05, 4.69) is 28.8 Å². The number of imide groups is 1. The van der Waals surface area contributed by atoms with Crippen LogP contribution in [0.15, 0.2) is 279 Å². The van der Waals surface area contributed by atoms with E-state index in [0.717, 1.165) is 77.4 Å². The van der Waals surface area contributed by atoms with Crippen LogP contribution in [-0.2, 0) is 0 Å². The molecular weight excluding hydrogens is 1030 g/mol. The molecule has 10 nitrogen and oxygen atoms in total. The van der Waals surface area contributed by atoms with Crippen molar-refractivity contribution in [1.82, 2.24) is 34.5 Å². The molecule has 0 bridgehead atoms. The first-order chi connectivity index (χ1) is 41.5. The van der Waals surface area contributed by atoms with E-state index in [1.54, 1.807) is 6.07 Å². The SMILES string of the molecule is O=C1c2cccc(-n3c4cccc(-c5nc(-c6ccccc6)nc(-c6ccccc6)n5)c4c4c(-c5nc(-c6ccccc6)nc(-c6ccccc6)n5)cccc43)c2C(=O)N1c1c(-c2ccccc2)cc(-c2ccccc2)cc1-c1ccccc1. The minimum atomic E-state index is -0.454. The van der Waals surface area contributed by atoms with Gasteiger partial charge in [0.25, 0.3) is 11.8 Å². The van der Waals surface area contributed by atoms with Gasteiger partial charge < -0.3 is 4.57 Å². The Morgan fingerprint density at radius 2 is 0.571 bits per heavy atom. The second-order valence-electron chi connectivity index (χ2n) is 20.5. The lowest BCUT2D eigenvalue weighted by Gasteiger charge is -2.24. The van der Waals surface area contributed by atoms with Gasteiger partial charge in [0.2, 0.25) is 0 Å². The summed E-state index contributed by atoms with van der Waals surface area (Å²) in [5.74, 6) is 2.00. The number of carbonyl (C=O) groups is 2. The zero-order valence-corrected chi connectivity index (χ0v) is 45.0. The maximum atomic E-state index is 16.2. The molecule has 0 fully saturated rings. The third-order valence-corrected chi connectivity index (χ3v) is 15.4. The number of fused-ring (bicyclic) bond motifs is 4. The van der Waals surface area contributed by atoms with Gasteiger partial charge in [0.1, 0.15) is 0 Å². The zero-order chi connectivity index (χ0) is 56.1. The van der Waals surface area contributed by atoms with Gasteiger partial charge in [0, 0.05) is 55.3 Å². The van der Waals surface area contributed by atoms with Gasteiger partial charge in [-0.05, 0) is 58.7 Å². The molecule has 0 saturated heterocycles. The standard InChI is InChI=1S/C74H46N8O2/c83-73-57-41-24-44-62(65(57)74(84)82(73)66-58(48-27-10-2-11-28-48)45-54(47-25-8-1-9-26-47)46-59(66)49-29-12-3-13-30-49)81-60-42-22-39-55(71-77-67(50-31-14-4-15-32-50)75-68(78-71)51-33-16-5-17-34-51)63(60)64-56(40-23-43-61(64)81)72-79-69(52-35-18-6-19-36-52)76-70(80-72)53-37-20-7-21-38-53/h1-46H. The normalized spacial score (nSPS) is 12.1. The molecule has 15 rings (SSSR count). The van der Waals surface area contributed by atoms with E-state index in [-0.39, 0.29) is 11.1 Å². The molecule has 14 aromatic rings. The van der Waals surface area contributed by atoms with Crippen molar-refractivity contribution in [1.29, 1.82) is 0 Å². The van der Waals surface area contributed by atoms with Crippen LogP contribution in [0.4, 0.5) is 5.69 Å². The number of hydrogen-bond donors (Lipinski definition) is 0. The number of benzene rings is 11. The molecule has 1 aliphatic heterocycles. The summed E-state index contributed by atoms with van der Waals surface area (Å²) in [5, 5.41) is 1.55. The highest BCUT2D eigenvalue weighted by atomic mass is 16.2. The van der Waals surface area contributed by atoms with Gasteiger partial charge in [-0.3, -0.25) is 9.59 Å². The lowest BCUT2D eigenvalue weighted by molar-refractivity contribution is 0.0926. The number of rotatable bonds is 11. The quantitative estimate of drug-likeness (QED) is 0.117. The van der Waals surface area contributed by atoms with Gasteiger partial charge in [-0.2, -0.15) is 0 Å². The minimum absolute atomic E-state index is 0.262. The van der Waals surface area contributed by atoms with Crippen molar-refractivity contribution in [3.8, 4) is 107 Å². The molecule has 0 atom stereocenters. The summed E-state index contributed by atoms with van der Waals surface area (Å²) < 4.78 is 2.09. The van der Waals surface area contributed by atoms with E-state index in [0.29, 0.717) is 57.4 Å². The van der Waals surface area contributed by atoms with Crippen molar-refractivity contribution in [2.75, 3.05) is 4.90 Å². The van der Waals surface area contributed by atoms with Crippen LogP contribution in [0.3, 0.4) is 0 Å². The number of nitrogens with zero attached hydrogens (tertiary/aromatic N) is 8. The number of aromatic nitrogens is 7. The highest BCUT2D eigenvalue weighted by Crippen LogP contribution is 2.48. The molecule has 4 heterocycles. The van der Waals surface area contributed by atoms with Crippen LogP contribution in [0.5, 0.6) is 0 Å². The molecule has 11 aromatic carbocycles. The second-order valence-corrected chi connectivity index (χ2v) is 20.5. The van der Waals surface area contributed by atoms with Crippen molar-refractivity contribution in [3.05, 3.63) is 290 Å². The van der Waals surface area contributed by atoms with Crippen LogP contribution in [0.1, 0.15) is 20.7 Å². The molecule has 394 valence electrons. The molecule has 84 heavy (non-hydrogen) atoms. The van der Waals surface area contributed by atoms with Crippen molar-refractivity contribution in [3.63, 3.8) is 0 Å². The van der Waals surface area contributed by atoms with Gasteiger partial charge in [-0.1, -0.05) is 243 Å². The van der Waals surface area contributed by atoms with Crippen LogP contribution in [0, 0.1) is 0 Å². The Balaban J connectivity index is 1.01. The number of amides is 2. The molecular formula is C74H46N8O2. The highest BCUT2D eigenvalue weighted by molar-refractivity contribution is 6.37. The van der Waals surface area contributed by atoms with Crippen LogP contribution < -0.4 is 4.90 Å². The lowest BCUT2D eigenvalue weighted by atomic mass is 9.90. The molecule has 10 heteroatoms. The Kier molecular flexibility index (Phi) is 12.2. The van der Waals surface area contributed by atoms with Crippen molar-refractivity contribution < 1.29 is 9.59 Å². The van der Waals surface area contributed by atoms with E-state index in [9.17, 15) is 0 Å². The van der Waals surface area contributed by atoms with Gasteiger partial charge in [0.05, 0.1) is 33.5 Å². The molecule has 0 unspecified atom stereocenters. The van der Waals surface area contributed by atoms with Gasteiger partial charge in [-0.25, -0.2) is 34.8 Å². The molecule has 1 aliphatic rings. The molecule has 2 amide bonds. The molecule has 0 spiro atoms. The van der Waals surface area contributed by atoms with E-state index < -0.39 is 11.8 Å². The first-order valence-electron chi connectivity index (χ1n) is 27.7. The number of carbonyl (C=O) groups excluding carboxylic acids is 2. The lowest BCUT2D eigenvalue weighted by Crippen LogP contribution is -2.30. The molecule has 0 N–H and O–H groups in total. The maximum Gasteiger partial charge on any atom is 0.268 e. The first kappa shape index (κ1) is 49.4. The monoisotopic (exact) mass is 1080 g/mol. The molecule has 3 aromatic heterocycles. The Bertz CT molecular complexity index is 4490. The Hall–Kier alpha value is -11.6. The fraction of sp³-hybridized carbons (Fsp3) is 0. The van der Waals surface area contributed by atoms with Crippen molar-refractivity contribution in [2.45, 2.75) is 0 Å². The summed E-state index contributed by atoms with van der Waals surface area (Å²) in [6.07, 6.45) is 0. The molecule has 0 radical (unpaired) electrons. The third kappa shape index (κ3) is 8.61. The Morgan fingerprint density at radius 1 is 0.250 bits per heavy atom. The fourth-order valence-electron chi connectivity index (χ4n) is 11.6. The van der Waals surface area contributed by atoms with Crippen molar-refractivity contribution in [2.24, 2.45) is 0 Å². The number of anilines is 1. The third-order valence-electron chi connectivity index (χ3n) is 15.4. The Morgan fingerprint density at radius 3 is 0.952 bits per heavy atom. The number of hydrogen-bond acceptors (Lipinski definition) is 8. The van der Waals surface area contributed by atoms with Crippen LogP contribution >= 0.6 is 0 Å². The molecule has 0 saturated carbocycles. The summed E-state index contributed by atoms with van der Waals surface area (Å²) in [6.45, 7) is 0. The Labute approximate surface area is 483 Å². The van der Waals surface area contributed by atoms with Gasteiger partial charge in [0.15, 0.2) is 34.9 Å². The summed E-state index contributed by atoms with van der Waals surface area (Å²) >= 11 is 0. The summed E-state index contributed by atoms with van der Waals surface area (Å²) in [5.41, 5.74) is 12.9. The average Bonchev–Trinajstić information content (AvgIpc) is 1.91. The average molecular weight is 1080 g/mol. The van der Waals surface area contributed by atoms with E-state index in [1.807, 2.05) is 249 Å². The molecule has 0 aliphatic carbocycles. The van der Waals surface area contributed by atoms with Gasteiger partial charge >= 0.3 is 0 Å². The fourth-order valence-corrected chi connectivity index (χ4v) is 11.6. The van der Waals surface area contributed by atoms with Crippen LogP contribution in [0.2, 0.25) is 0 Å².